The minimum Gasteiger partial charge on any atom is -0.480 e. The van der Waals surface area contributed by atoms with E-state index in [0.717, 1.165) is 38.1 Å². The highest BCUT2D eigenvalue weighted by Gasteiger charge is 2.24. The Kier molecular flexibility index (Phi) is 7.12. The highest BCUT2D eigenvalue weighted by molar-refractivity contribution is 7.99. The van der Waals surface area contributed by atoms with Gasteiger partial charge in [-0.1, -0.05) is 41.9 Å². The molecule has 1 aliphatic heterocycles. The van der Waals surface area contributed by atoms with Crippen molar-refractivity contribution >= 4 is 57.9 Å². The highest BCUT2D eigenvalue weighted by Crippen LogP contribution is 2.32. The summed E-state index contributed by atoms with van der Waals surface area (Å²) in [5, 5.41) is 10.7. The maximum atomic E-state index is 12.2. The van der Waals surface area contributed by atoms with Crippen LogP contribution in [0.2, 0.25) is 10.0 Å². The van der Waals surface area contributed by atoms with Gasteiger partial charge in [-0.3, -0.25) is 9.59 Å². The van der Waals surface area contributed by atoms with E-state index >= 15 is 0 Å². The predicted octanol–water partition coefficient (Wildman–Crippen LogP) is 4.56. The highest BCUT2D eigenvalue weighted by atomic mass is 35.5. The van der Waals surface area contributed by atoms with Crippen LogP contribution in [0.3, 0.4) is 0 Å². The van der Waals surface area contributed by atoms with Gasteiger partial charge in [0.1, 0.15) is 6.54 Å². The Morgan fingerprint density at radius 3 is 2.79 bits per heavy atom. The van der Waals surface area contributed by atoms with E-state index in [1.165, 1.54) is 11.8 Å². The third kappa shape index (κ3) is 4.93. The minimum absolute atomic E-state index is 0.192. The van der Waals surface area contributed by atoms with E-state index in [9.17, 15) is 14.7 Å². The van der Waals surface area contributed by atoms with E-state index in [1.54, 1.807) is 16.7 Å². The zero-order valence-corrected chi connectivity index (χ0v) is 18.0. The third-order valence-electron chi connectivity index (χ3n) is 4.83. The first-order valence-electron chi connectivity index (χ1n) is 9.36. The molecule has 0 saturated carbocycles. The molecule has 0 aliphatic carbocycles. The van der Waals surface area contributed by atoms with Crippen LogP contribution in [-0.4, -0.2) is 50.3 Å². The first-order valence-corrected chi connectivity index (χ1v) is 11.1. The van der Waals surface area contributed by atoms with E-state index in [1.807, 2.05) is 11.8 Å². The fourth-order valence-electron chi connectivity index (χ4n) is 3.49. The van der Waals surface area contributed by atoms with Gasteiger partial charge in [-0.15, -0.1) is 0 Å². The van der Waals surface area contributed by atoms with E-state index in [2.05, 4.69) is 4.98 Å². The number of aliphatic carboxylic acids is 1. The minimum atomic E-state index is -0.943. The molecule has 1 aromatic heterocycles. The van der Waals surface area contributed by atoms with Gasteiger partial charge in [0, 0.05) is 25.3 Å². The van der Waals surface area contributed by atoms with Crippen molar-refractivity contribution in [3.63, 3.8) is 0 Å². The average molecular weight is 444 g/mol. The molecule has 1 saturated heterocycles. The molecular formula is C19H23Cl2N3O3S. The summed E-state index contributed by atoms with van der Waals surface area (Å²) in [5.74, 6) is 0.422. The Morgan fingerprint density at radius 1 is 1.32 bits per heavy atom. The number of thioether (sulfide) groups is 1. The molecule has 1 amide bonds. The van der Waals surface area contributed by atoms with E-state index in [0.29, 0.717) is 38.6 Å². The summed E-state index contributed by atoms with van der Waals surface area (Å²) >= 11 is 13.7. The molecule has 3 rings (SSSR count). The second kappa shape index (κ2) is 9.37. The van der Waals surface area contributed by atoms with Crippen molar-refractivity contribution in [1.82, 2.24) is 14.5 Å². The van der Waals surface area contributed by atoms with Crippen molar-refractivity contribution in [2.45, 2.75) is 44.3 Å². The Bertz CT molecular complexity index is 887. The van der Waals surface area contributed by atoms with Gasteiger partial charge in [0.15, 0.2) is 5.16 Å². The van der Waals surface area contributed by atoms with Crippen LogP contribution < -0.4 is 0 Å². The fraction of sp³-hybridized carbons (Fsp3) is 0.526. The number of rotatable bonds is 7. The first-order chi connectivity index (χ1) is 13.4. The molecule has 2 aromatic rings. The van der Waals surface area contributed by atoms with Gasteiger partial charge in [-0.25, -0.2) is 4.98 Å². The maximum Gasteiger partial charge on any atom is 0.323 e. The van der Waals surface area contributed by atoms with Gasteiger partial charge in [0.25, 0.3) is 0 Å². The number of fused-ring (bicyclic) bond motifs is 1. The number of amides is 1. The molecule has 9 heteroatoms. The first kappa shape index (κ1) is 21.3. The molecule has 152 valence electrons. The second-order valence-corrected chi connectivity index (χ2v) is 8.84. The number of carbonyl (C=O) groups is 2. The van der Waals surface area contributed by atoms with E-state index < -0.39 is 5.97 Å². The van der Waals surface area contributed by atoms with Crippen LogP contribution in [0.4, 0.5) is 0 Å². The van der Waals surface area contributed by atoms with Crippen LogP contribution >= 0.6 is 35.0 Å². The van der Waals surface area contributed by atoms with Crippen LogP contribution in [0.25, 0.3) is 11.0 Å². The van der Waals surface area contributed by atoms with Gasteiger partial charge < -0.3 is 14.6 Å². The number of carboxylic acid groups (broad SMARTS) is 1. The Balaban J connectivity index is 1.76. The number of piperidine rings is 1. The number of hydrogen-bond donors (Lipinski definition) is 1. The van der Waals surface area contributed by atoms with Crippen LogP contribution in [0, 0.1) is 5.92 Å². The van der Waals surface area contributed by atoms with E-state index in [-0.39, 0.29) is 12.5 Å². The molecule has 1 atom stereocenters. The maximum absolute atomic E-state index is 12.2. The molecule has 1 fully saturated rings. The second-order valence-electron chi connectivity index (χ2n) is 7.04. The summed E-state index contributed by atoms with van der Waals surface area (Å²) in [6.07, 6.45) is 3.51. The largest absolute Gasteiger partial charge is 0.480 e. The lowest BCUT2D eigenvalue weighted by molar-refractivity contribution is -0.137. The van der Waals surface area contributed by atoms with Gasteiger partial charge in [-0.2, -0.15) is 0 Å². The zero-order chi connectivity index (χ0) is 20.3. The number of likely N-dealkylation sites (tertiary alicyclic amines) is 1. The van der Waals surface area contributed by atoms with Crippen LogP contribution in [0.15, 0.2) is 17.3 Å². The van der Waals surface area contributed by atoms with Gasteiger partial charge >= 0.3 is 5.97 Å². The number of carboxylic acids is 1. The SMILES string of the molecule is CCCC(=O)N1CCCC(CSc2nc3cc(Cl)c(Cl)cc3n2CC(=O)O)C1. The topological polar surface area (TPSA) is 75.4 Å². The van der Waals surface area contributed by atoms with Gasteiger partial charge in [0.05, 0.1) is 21.1 Å². The molecule has 6 nitrogen and oxygen atoms in total. The number of nitrogens with zero attached hydrogens (tertiary/aromatic N) is 3. The lowest BCUT2D eigenvalue weighted by atomic mass is 10.00. The fourth-order valence-corrected chi connectivity index (χ4v) is 4.94. The smallest absolute Gasteiger partial charge is 0.323 e. The molecule has 28 heavy (non-hydrogen) atoms. The summed E-state index contributed by atoms with van der Waals surface area (Å²) in [6, 6.07) is 3.32. The molecular weight excluding hydrogens is 421 g/mol. The summed E-state index contributed by atoms with van der Waals surface area (Å²) in [4.78, 5) is 30.1. The molecule has 1 N–H and O–H groups in total. The number of halogens is 2. The van der Waals surface area contributed by atoms with Crippen molar-refractivity contribution in [3.8, 4) is 0 Å². The van der Waals surface area contributed by atoms with Crippen molar-refractivity contribution < 1.29 is 14.7 Å². The number of imidazole rings is 1. The molecule has 0 bridgehead atoms. The average Bonchev–Trinajstić information content (AvgIpc) is 2.97. The van der Waals surface area contributed by atoms with Gasteiger partial charge in [-0.05, 0) is 37.3 Å². The molecule has 0 spiro atoms. The van der Waals surface area contributed by atoms with Crippen LogP contribution in [0.1, 0.15) is 32.6 Å². The quantitative estimate of drug-likeness (QED) is 0.634. The number of carbonyl (C=O) groups excluding carboxylic acids is 1. The predicted molar refractivity (Wildman–Crippen MR) is 112 cm³/mol. The van der Waals surface area contributed by atoms with Crippen molar-refractivity contribution in [2.75, 3.05) is 18.8 Å². The lowest BCUT2D eigenvalue weighted by Gasteiger charge is -2.32. The lowest BCUT2D eigenvalue weighted by Crippen LogP contribution is -2.40. The molecule has 0 radical (unpaired) electrons. The number of hydrogen-bond acceptors (Lipinski definition) is 4. The summed E-state index contributed by atoms with van der Waals surface area (Å²) in [6.45, 7) is 3.40. The van der Waals surface area contributed by atoms with Crippen LogP contribution in [0.5, 0.6) is 0 Å². The zero-order valence-electron chi connectivity index (χ0n) is 15.7. The Morgan fingerprint density at radius 2 is 2.07 bits per heavy atom. The molecule has 1 unspecified atom stereocenters. The van der Waals surface area contributed by atoms with E-state index in [4.69, 9.17) is 23.2 Å². The Hall–Kier alpha value is -1.44. The number of benzene rings is 1. The monoisotopic (exact) mass is 443 g/mol. The summed E-state index contributed by atoms with van der Waals surface area (Å²) in [7, 11) is 0. The standard InChI is InChI=1S/C19H23Cl2N3O3S/c1-2-4-17(25)23-6-3-5-12(9-23)11-28-19-22-15-7-13(20)14(21)8-16(15)24(19)10-18(26)27/h7-8,12H,2-6,9-11H2,1H3,(H,26,27). The molecule has 1 aromatic carbocycles. The Labute approximate surface area is 178 Å². The van der Waals surface area contributed by atoms with Crippen molar-refractivity contribution in [1.29, 1.82) is 0 Å². The number of aromatic nitrogens is 2. The summed E-state index contributed by atoms with van der Waals surface area (Å²) in [5.41, 5.74) is 1.28. The van der Waals surface area contributed by atoms with Crippen LogP contribution in [-0.2, 0) is 16.1 Å². The molecule has 2 heterocycles. The van der Waals surface area contributed by atoms with Gasteiger partial charge in [0.2, 0.25) is 5.91 Å². The summed E-state index contributed by atoms with van der Waals surface area (Å²) < 4.78 is 1.66. The van der Waals surface area contributed by atoms with Crippen molar-refractivity contribution in [2.24, 2.45) is 5.92 Å². The normalized spacial score (nSPS) is 17.2. The third-order valence-corrected chi connectivity index (χ3v) is 6.76. The molecule has 1 aliphatic rings. The van der Waals surface area contributed by atoms with Crippen molar-refractivity contribution in [3.05, 3.63) is 22.2 Å².